The van der Waals surface area contributed by atoms with E-state index in [0.717, 1.165) is 16.5 Å². The number of carbonyl (C=O) groups is 1. The normalized spacial score (nSPS) is 17.6. The van der Waals surface area contributed by atoms with Gasteiger partial charge in [0, 0.05) is 28.7 Å². The summed E-state index contributed by atoms with van der Waals surface area (Å²) in [5.74, 6) is -0.975. The summed E-state index contributed by atoms with van der Waals surface area (Å²) >= 11 is 0. The Morgan fingerprint density at radius 2 is 1.61 bits per heavy atom. The topological polar surface area (TPSA) is 90.5 Å². The number of aromatic nitrogens is 1. The van der Waals surface area contributed by atoms with Crippen LogP contribution in [0.5, 0.6) is 0 Å². The third kappa shape index (κ3) is 3.22. The van der Waals surface area contributed by atoms with Crippen LogP contribution in [0.4, 0.5) is 0 Å². The molecule has 0 saturated heterocycles. The van der Waals surface area contributed by atoms with Crippen LogP contribution in [-0.2, 0) is 27.8 Å². The number of hydrogen-bond acceptors (Lipinski definition) is 3. The van der Waals surface area contributed by atoms with E-state index in [1.807, 2.05) is 66.7 Å². The predicted molar refractivity (Wildman–Crippen MR) is 117 cm³/mol. The van der Waals surface area contributed by atoms with Crippen LogP contribution in [0.1, 0.15) is 28.4 Å². The summed E-state index contributed by atoms with van der Waals surface area (Å²) in [7, 11) is -3.76. The Labute approximate surface area is 179 Å². The fourth-order valence-corrected chi connectivity index (χ4v) is 6.22. The average Bonchev–Trinajstić information content (AvgIpc) is 3.21. The van der Waals surface area contributed by atoms with E-state index >= 15 is 0 Å². The second-order valence-corrected chi connectivity index (χ2v) is 9.47. The summed E-state index contributed by atoms with van der Waals surface area (Å²) < 4.78 is 28.6. The minimum atomic E-state index is -3.76. The number of rotatable bonds is 5. The van der Waals surface area contributed by atoms with Crippen molar-refractivity contribution in [3.8, 4) is 0 Å². The van der Waals surface area contributed by atoms with Crippen molar-refractivity contribution in [2.45, 2.75) is 23.9 Å². The van der Waals surface area contributed by atoms with Gasteiger partial charge >= 0.3 is 5.97 Å². The highest BCUT2D eigenvalue weighted by Gasteiger charge is 2.45. The molecular weight excluding hydrogens is 412 g/mol. The number of para-hydroxylation sites is 1. The van der Waals surface area contributed by atoms with E-state index in [-0.39, 0.29) is 17.9 Å². The van der Waals surface area contributed by atoms with Crippen LogP contribution in [0.2, 0.25) is 0 Å². The lowest BCUT2D eigenvalue weighted by molar-refractivity contribution is -0.136. The average molecular weight is 433 g/mol. The van der Waals surface area contributed by atoms with Crippen LogP contribution in [0.25, 0.3) is 10.9 Å². The zero-order chi connectivity index (χ0) is 21.6. The molecule has 1 unspecified atom stereocenters. The van der Waals surface area contributed by atoms with E-state index in [4.69, 9.17) is 0 Å². The molecule has 1 atom stereocenters. The van der Waals surface area contributed by atoms with Crippen LogP contribution in [0.15, 0.2) is 83.8 Å². The second-order valence-electron chi connectivity index (χ2n) is 7.61. The first-order chi connectivity index (χ1) is 15.0. The number of nitrogens with zero attached hydrogens (tertiary/aromatic N) is 1. The van der Waals surface area contributed by atoms with Crippen molar-refractivity contribution in [2.24, 2.45) is 0 Å². The Morgan fingerprint density at radius 3 is 2.39 bits per heavy atom. The smallest absolute Gasteiger partial charge is 0.309 e. The number of sulfonamides is 1. The molecule has 31 heavy (non-hydrogen) atoms. The number of carboxylic acids is 1. The largest absolute Gasteiger partial charge is 0.481 e. The highest BCUT2D eigenvalue weighted by Crippen LogP contribution is 2.47. The molecule has 5 rings (SSSR count). The Bertz CT molecular complexity index is 1390. The van der Waals surface area contributed by atoms with Crippen molar-refractivity contribution in [3.63, 3.8) is 0 Å². The third-order valence-electron chi connectivity index (χ3n) is 5.70. The molecule has 6 nitrogen and oxygen atoms in total. The molecule has 0 radical (unpaired) electrons. The quantitative estimate of drug-likeness (QED) is 0.497. The fraction of sp³-hybridized carbons (Fsp3) is 0.125. The first-order valence-corrected chi connectivity index (χ1v) is 11.4. The first-order valence-electron chi connectivity index (χ1n) is 9.93. The van der Waals surface area contributed by atoms with Gasteiger partial charge in [-0.15, -0.1) is 0 Å². The molecule has 0 aliphatic carbocycles. The standard InChI is InChI=1S/C24H20N2O4S/c27-22(28)14-20-23(17-10-4-6-12-19(17)25-20)24-18-11-5-7-13-21(18)31(29,30)26(24)15-16-8-2-1-3-9-16/h1-13,24-25H,14-15H2,(H,27,28). The molecule has 0 fully saturated rings. The van der Waals surface area contributed by atoms with Gasteiger partial charge in [0.1, 0.15) is 0 Å². The van der Waals surface area contributed by atoms with E-state index in [2.05, 4.69) is 4.98 Å². The zero-order valence-electron chi connectivity index (χ0n) is 16.5. The van der Waals surface area contributed by atoms with Gasteiger partial charge in [0.2, 0.25) is 10.0 Å². The Morgan fingerprint density at radius 1 is 0.935 bits per heavy atom. The van der Waals surface area contributed by atoms with Crippen molar-refractivity contribution in [1.29, 1.82) is 0 Å². The maximum Gasteiger partial charge on any atom is 0.309 e. The first kappa shape index (κ1) is 19.5. The molecule has 0 bridgehead atoms. The summed E-state index contributed by atoms with van der Waals surface area (Å²) in [6.45, 7) is 0.189. The molecule has 2 heterocycles. The Balaban J connectivity index is 1.77. The molecule has 0 amide bonds. The van der Waals surface area contributed by atoms with Crippen LogP contribution in [0, 0.1) is 0 Å². The van der Waals surface area contributed by atoms with E-state index in [1.54, 1.807) is 12.1 Å². The number of fused-ring (bicyclic) bond motifs is 2. The molecule has 1 aliphatic rings. The van der Waals surface area contributed by atoms with E-state index < -0.39 is 22.0 Å². The van der Waals surface area contributed by atoms with Gasteiger partial charge in [-0.3, -0.25) is 4.79 Å². The lowest BCUT2D eigenvalue weighted by Gasteiger charge is -2.25. The SMILES string of the molecule is O=C(O)Cc1[nH]c2ccccc2c1C1c2ccccc2S(=O)(=O)N1Cc1ccccc1. The summed E-state index contributed by atoms with van der Waals surface area (Å²) in [6.07, 6.45) is -0.220. The Kier molecular flexibility index (Phi) is 4.64. The number of nitrogens with one attached hydrogen (secondary N) is 1. The van der Waals surface area contributed by atoms with Crippen LogP contribution in [-0.4, -0.2) is 28.8 Å². The summed E-state index contributed by atoms with van der Waals surface area (Å²) in [6, 6.07) is 23.3. The maximum absolute atomic E-state index is 13.6. The fourth-order valence-electron chi connectivity index (χ4n) is 4.42. The zero-order valence-corrected chi connectivity index (χ0v) is 17.3. The number of aliphatic carboxylic acids is 1. The number of hydrogen-bond donors (Lipinski definition) is 2. The number of H-pyrrole nitrogens is 1. The van der Waals surface area contributed by atoms with Crippen molar-refractivity contribution >= 4 is 26.9 Å². The minimum Gasteiger partial charge on any atom is -0.481 e. The van der Waals surface area contributed by atoms with Crippen LogP contribution in [0.3, 0.4) is 0 Å². The van der Waals surface area contributed by atoms with Crippen molar-refractivity contribution in [3.05, 3.63) is 101 Å². The van der Waals surface area contributed by atoms with Crippen molar-refractivity contribution in [1.82, 2.24) is 9.29 Å². The molecule has 1 aromatic heterocycles. The van der Waals surface area contributed by atoms with Crippen molar-refractivity contribution in [2.75, 3.05) is 0 Å². The third-order valence-corrected chi connectivity index (χ3v) is 7.58. The summed E-state index contributed by atoms with van der Waals surface area (Å²) in [5.41, 5.74) is 3.53. The van der Waals surface area contributed by atoms with E-state index in [0.29, 0.717) is 16.8 Å². The van der Waals surface area contributed by atoms with Gasteiger partial charge in [-0.25, -0.2) is 8.42 Å². The maximum atomic E-state index is 13.6. The van der Waals surface area contributed by atoms with Crippen molar-refractivity contribution < 1.29 is 18.3 Å². The number of benzene rings is 3. The Hall–Kier alpha value is -3.42. The van der Waals surface area contributed by atoms with Gasteiger partial charge in [0.05, 0.1) is 17.4 Å². The van der Waals surface area contributed by atoms with Gasteiger partial charge in [-0.05, 0) is 23.3 Å². The lowest BCUT2D eigenvalue weighted by atomic mass is 9.94. The van der Waals surface area contributed by atoms with Gasteiger partial charge in [0.15, 0.2) is 0 Å². The monoisotopic (exact) mass is 432 g/mol. The molecule has 0 spiro atoms. The number of aromatic amines is 1. The van der Waals surface area contributed by atoms with Gasteiger partial charge in [-0.1, -0.05) is 66.7 Å². The summed E-state index contributed by atoms with van der Waals surface area (Å²) in [4.78, 5) is 15.1. The van der Waals surface area contributed by atoms with Crippen LogP contribution >= 0.6 is 0 Å². The molecule has 0 saturated carbocycles. The lowest BCUT2D eigenvalue weighted by Crippen LogP contribution is -2.29. The molecule has 4 aromatic rings. The van der Waals surface area contributed by atoms with E-state index in [1.165, 1.54) is 4.31 Å². The molecule has 7 heteroatoms. The van der Waals surface area contributed by atoms with Gasteiger partial charge in [-0.2, -0.15) is 4.31 Å². The minimum absolute atomic E-state index is 0.189. The molecule has 1 aliphatic heterocycles. The van der Waals surface area contributed by atoms with Crippen LogP contribution < -0.4 is 0 Å². The van der Waals surface area contributed by atoms with Gasteiger partial charge < -0.3 is 10.1 Å². The van der Waals surface area contributed by atoms with Gasteiger partial charge in [0.25, 0.3) is 0 Å². The highest BCUT2D eigenvalue weighted by molar-refractivity contribution is 7.89. The molecule has 156 valence electrons. The predicted octanol–water partition coefficient (Wildman–Crippen LogP) is 4.09. The number of carboxylic acid groups (broad SMARTS) is 1. The highest BCUT2D eigenvalue weighted by atomic mass is 32.2. The second kappa shape index (κ2) is 7.37. The molecular formula is C24H20N2O4S. The summed E-state index contributed by atoms with van der Waals surface area (Å²) in [5, 5.41) is 10.3. The van der Waals surface area contributed by atoms with E-state index in [9.17, 15) is 18.3 Å². The molecule has 3 aromatic carbocycles. The molecule has 2 N–H and O–H groups in total.